The van der Waals surface area contributed by atoms with Crippen LogP contribution in [0, 0.1) is 5.92 Å². The number of rotatable bonds is 7. The van der Waals surface area contributed by atoms with Gasteiger partial charge in [0.25, 0.3) is 0 Å². The van der Waals surface area contributed by atoms with Gasteiger partial charge in [0, 0.05) is 23.8 Å². The number of nitrogens with one attached hydrogen (secondary N) is 1. The van der Waals surface area contributed by atoms with Crippen LogP contribution in [0.3, 0.4) is 0 Å². The SMILES string of the molecule is CCCCn1nnnc1CN1CCCC(C(=O)Nc2ccc(Br)cn2)C1. The molecule has 0 saturated carbocycles. The predicted octanol–water partition coefficient (Wildman–Crippen LogP) is 2.48. The third kappa shape index (κ3) is 5.07. The zero-order chi connectivity index (χ0) is 18.4. The molecule has 140 valence electrons. The van der Waals surface area contributed by atoms with Gasteiger partial charge in [0.1, 0.15) is 5.82 Å². The first-order valence-corrected chi connectivity index (χ1v) is 9.85. The van der Waals surface area contributed by atoms with Gasteiger partial charge in [0.05, 0.1) is 12.5 Å². The second-order valence-corrected chi connectivity index (χ2v) is 7.51. The van der Waals surface area contributed by atoms with E-state index in [9.17, 15) is 4.79 Å². The Morgan fingerprint density at radius 2 is 2.31 bits per heavy atom. The molecule has 1 unspecified atom stereocenters. The van der Waals surface area contributed by atoms with E-state index < -0.39 is 0 Å². The van der Waals surface area contributed by atoms with Crippen molar-refractivity contribution in [1.82, 2.24) is 30.1 Å². The normalized spacial score (nSPS) is 18.0. The lowest BCUT2D eigenvalue weighted by Crippen LogP contribution is -2.40. The number of tetrazole rings is 1. The minimum Gasteiger partial charge on any atom is -0.310 e. The van der Waals surface area contributed by atoms with E-state index in [1.165, 1.54) is 0 Å². The monoisotopic (exact) mass is 421 g/mol. The van der Waals surface area contributed by atoms with Gasteiger partial charge in [-0.1, -0.05) is 13.3 Å². The maximum atomic E-state index is 12.6. The van der Waals surface area contributed by atoms with E-state index in [0.717, 1.165) is 49.1 Å². The fourth-order valence-corrected chi connectivity index (χ4v) is 3.34. The van der Waals surface area contributed by atoms with E-state index in [1.54, 1.807) is 12.3 Å². The summed E-state index contributed by atoms with van der Waals surface area (Å²) in [6.45, 7) is 5.34. The van der Waals surface area contributed by atoms with Gasteiger partial charge in [0.2, 0.25) is 5.91 Å². The van der Waals surface area contributed by atoms with Crippen LogP contribution in [-0.4, -0.2) is 49.1 Å². The van der Waals surface area contributed by atoms with Gasteiger partial charge >= 0.3 is 0 Å². The number of hydrogen-bond acceptors (Lipinski definition) is 6. The first-order chi connectivity index (χ1) is 12.7. The standard InChI is InChI=1S/C17H24BrN7O/c1-2-3-9-25-16(21-22-23-25)12-24-8-4-5-13(11-24)17(26)20-15-7-6-14(18)10-19-15/h6-7,10,13H,2-5,8-9,11-12H2,1H3,(H,19,20,26). The molecule has 1 fully saturated rings. The summed E-state index contributed by atoms with van der Waals surface area (Å²) in [6.07, 6.45) is 5.72. The Balaban J connectivity index is 1.56. The molecule has 8 nitrogen and oxygen atoms in total. The molecule has 1 amide bonds. The molecule has 0 aromatic carbocycles. The minimum atomic E-state index is -0.0471. The third-order valence-electron chi connectivity index (χ3n) is 4.55. The summed E-state index contributed by atoms with van der Waals surface area (Å²) >= 11 is 3.35. The number of unbranched alkanes of at least 4 members (excludes halogenated alkanes) is 1. The molecule has 2 aromatic heterocycles. The smallest absolute Gasteiger partial charge is 0.229 e. The number of nitrogens with zero attached hydrogens (tertiary/aromatic N) is 6. The van der Waals surface area contributed by atoms with Crippen molar-refractivity contribution in [3.63, 3.8) is 0 Å². The van der Waals surface area contributed by atoms with Crippen LogP contribution in [0.15, 0.2) is 22.8 Å². The number of anilines is 1. The number of hydrogen-bond donors (Lipinski definition) is 1. The van der Waals surface area contributed by atoms with E-state index in [0.29, 0.717) is 18.9 Å². The number of aryl methyl sites for hydroxylation is 1. The van der Waals surface area contributed by atoms with Crippen molar-refractivity contribution >= 4 is 27.7 Å². The maximum Gasteiger partial charge on any atom is 0.229 e. The number of carbonyl (C=O) groups is 1. The van der Waals surface area contributed by atoms with Crippen LogP contribution < -0.4 is 5.32 Å². The molecule has 3 rings (SSSR count). The van der Waals surface area contributed by atoms with E-state index in [2.05, 4.69) is 53.6 Å². The van der Waals surface area contributed by atoms with Gasteiger partial charge in [-0.25, -0.2) is 9.67 Å². The van der Waals surface area contributed by atoms with Gasteiger partial charge in [-0.05, 0) is 64.3 Å². The van der Waals surface area contributed by atoms with Crippen LogP contribution in [-0.2, 0) is 17.9 Å². The number of aromatic nitrogens is 5. The van der Waals surface area contributed by atoms with E-state index in [1.807, 2.05) is 10.7 Å². The molecule has 0 radical (unpaired) electrons. The zero-order valence-electron chi connectivity index (χ0n) is 14.9. The summed E-state index contributed by atoms with van der Waals surface area (Å²) in [5, 5.41) is 14.9. The lowest BCUT2D eigenvalue weighted by Gasteiger charge is -2.31. The molecule has 1 atom stereocenters. The van der Waals surface area contributed by atoms with Crippen molar-refractivity contribution in [2.45, 2.75) is 45.7 Å². The van der Waals surface area contributed by atoms with Crippen LogP contribution in [0.1, 0.15) is 38.4 Å². The Bertz CT molecular complexity index is 718. The highest BCUT2D eigenvalue weighted by Crippen LogP contribution is 2.20. The highest BCUT2D eigenvalue weighted by atomic mass is 79.9. The van der Waals surface area contributed by atoms with E-state index in [-0.39, 0.29) is 11.8 Å². The van der Waals surface area contributed by atoms with Crippen LogP contribution in [0.25, 0.3) is 0 Å². The third-order valence-corrected chi connectivity index (χ3v) is 5.02. The summed E-state index contributed by atoms with van der Waals surface area (Å²) in [6, 6.07) is 3.66. The average Bonchev–Trinajstić information content (AvgIpc) is 3.09. The second kappa shape index (κ2) is 9.18. The molecule has 0 aliphatic carbocycles. The van der Waals surface area contributed by atoms with Gasteiger partial charge < -0.3 is 5.32 Å². The molecule has 1 aliphatic rings. The molecular formula is C17H24BrN7O. The Morgan fingerprint density at radius 3 is 3.08 bits per heavy atom. The number of amides is 1. The average molecular weight is 422 g/mol. The fraction of sp³-hybridized carbons (Fsp3) is 0.588. The minimum absolute atomic E-state index is 0.0232. The lowest BCUT2D eigenvalue weighted by atomic mass is 9.97. The van der Waals surface area contributed by atoms with Crippen LogP contribution in [0.4, 0.5) is 5.82 Å². The molecule has 9 heteroatoms. The molecule has 0 spiro atoms. The molecule has 0 bridgehead atoms. The molecular weight excluding hydrogens is 398 g/mol. The van der Waals surface area contributed by atoms with E-state index in [4.69, 9.17) is 0 Å². The van der Waals surface area contributed by atoms with Gasteiger partial charge in [-0.3, -0.25) is 9.69 Å². The summed E-state index contributed by atoms with van der Waals surface area (Å²) in [5.74, 6) is 1.43. The second-order valence-electron chi connectivity index (χ2n) is 6.60. The summed E-state index contributed by atoms with van der Waals surface area (Å²) in [4.78, 5) is 19.0. The topological polar surface area (TPSA) is 88.8 Å². The molecule has 2 aromatic rings. The predicted molar refractivity (Wildman–Crippen MR) is 101 cm³/mol. The fourth-order valence-electron chi connectivity index (χ4n) is 3.11. The Kier molecular flexibility index (Phi) is 6.67. The summed E-state index contributed by atoms with van der Waals surface area (Å²) in [7, 11) is 0. The maximum absolute atomic E-state index is 12.6. The number of likely N-dealkylation sites (tertiary alicyclic amines) is 1. The number of pyridine rings is 1. The first-order valence-electron chi connectivity index (χ1n) is 9.05. The molecule has 1 aliphatic heterocycles. The first kappa shape index (κ1) is 18.9. The zero-order valence-corrected chi connectivity index (χ0v) is 16.5. The number of carbonyl (C=O) groups excluding carboxylic acids is 1. The largest absolute Gasteiger partial charge is 0.310 e. The Hall–Kier alpha value is -1.87. The van der Waals surface area contributed by atoms with Gasteiger partial charge in [-0.2, -0.15) is 0 Å². The van der Waals surface area contributed by atoms with Crippen molar-refractivity contribution in [1.29, 1.82) is 0 Å². The van der Waals surface area contributed by atoms with Crippen LogP contribution in [0.2, 0.25) is 0 Å². The van der Waals surface area contributed by atoms with Gasteiger partial charge in [-0.15, -0.1) is 5.10 Å². The Labute approximate surface area is 161 Å². The molecule has 26 heavy (non-hydrogen) atoms. The highest BCUT2D eigenvalue weighted by molar-refractivity contribution is 9.10. The number of halogens is 1. The highest BCUT2D eigenvalue weighted by Gasteiger charge is 2.27. The van der Waals surface area contributed by atoms with Crippen molar-refractivity contribution in [2.24, 2.45) is 5.92 Å². The molecule has 1 saturated heterocycles. The summed E-state index contributed by atoms with van der Waals surface area (Å²) in [5.41, 5.74) is 0. The van der Waals surface area contributed by atoms with Gasteiger partial charge in [0.15, 0.2) is 5.82 Å². The summed E-state index contributed by atoms with van der Waals surface area (Å²) < 4.78 is 2.76. The van der Waals surface area contributed by atoms with E-state index >= 15 is 0 Å². The van der Waals surface area contributed by atoms with Crippen molar-refractivity contribution < 1.29 is 4.79 Å². The van der Waals surface area contributed by atoms with Crippen molar-refractivity contribution in [3.05, 3.63) is 28.6 Å². The van der Waals surface area contributed by atoms with Crippen LogP contribution in [0.5, 0.6) is 0 Å². The lowest BCUT2D eigenvalue weighted by molar-refractivity contribution is -0.121. The molecule has 3 heterocycles. The van der Waals surface area contributed by atoms with Crippen molar-refractivity contribution in [2.75, 3.05) is 18.4 Å². The van der Waals surface area contributed by atoms with Crippen LogP contribution >= 0.6 is 15.9 Å². The van der Waals surface area contributed by atoms with Crippen molar-refractivity contribution in [3.8, 4) is 0 Å². The Morgan fingerprint density at radius 1 is 1.42 bits per heavy atom. The molecule has 1 N–H and O–H groups in total. The quantitative estimate of drug-likeness (QED) is 0.738. The number of piperidine rings is 1.